The molecule has 1 aromatic rings. The van der Waals surface area contributed by atoms with Crippen molar-refractivity contribution >= 4 is 5.97 Å². The molecule has 0 saturated heterocycles. The van der Waals surface area contributed by atoms with Crippen molar-refractivity contribution in [1.29, 1.82) is 1.43 Å². The molecular formula is C10H12O2. The van der Waals surface area contributed by atoms with E-state index in [2.05, 4.69) is 19.0 Å². The number of hydrogen-bond acceptors (Lipinski definition) is 2. The maximum atomic E-state index is 10.9. The van der Waals surface area contributed by atoms with Gasteiger partial charge in [0.05, 0.1) is 5.56 Å². The lowest BCUT2D eigenvalue weighted by Crippen LogP contribution is -1.96. The molecule has 0 aliphatic heterocycles. The first-order chi connectivity index (χ1) is 6.15. The van der Waals surface area contributed by atoms with Gasteiger partial charge in [-0.25, -0.2) is 4.79 Å². The molecule has 0 spiro atoms. The van der Waals surface area contributed by atoms with E-state index < -0.39 is 5.97 Å². The summed E-state index contributed by atoms with van der Waals surface area (Å²) in [5, 5.41) is 3.85. The van der Waals surface area contributed by atoms with Crippen LogP contribution in [-0.4, -0.2) is 11.1 Å². The van der Waals surface area contributed by atoms with Gasteiger partial charge in [0, 0.05) is 0 Å². The third-order valence-corrected chi connectivity index (χ3v) is 1.81. The van der Waals surface area contributed by atoms with Gasteiger partial charge >= 0.3 is 5.97 Å². The molecule has 0 aliphatic carbocycles. The van der Waals surface area contributed by atoms with Crippen LogP contribution < -0.4 is 0 Å². The molecular weight excluding hydrogens is 152 g/mol. The first-order valence-electron chi connectivity index (χ1n) is 4.33. The second-order valence-corrected chi connectivity index (χ2v) is 3.06. The van der Waals surface area contributed by atoms with Gasteiger partial charge in [-0.05, 0) is 23.6 Å². The molecule has 0 fully saturated rings. The fraction of sp³-hybridized carbons (Fsp3) is 0.300. The van der Waals surface area contributed by atoms with Gasteiger partial charge in [-0.15, -0.1) is 0 Å². The largest absolute Gasteiger partial charge is 0.478 e. The van der Waals surface area contributed by atoms with Crippen LogP contribution in [0.3, 0.4) is 0 Å². The summed E-state index contributed by atoms with van der Waals surface area (Å²) < 4.78 is 6.43. The van der Waals surface area contributed by atoms with Gasteiger partial charge in [-0.3, -0.25) is 0 Å². The highest BCUT2D eigenvalue weighted by Crippen LogP contribution is 2.14. The highest BCUT2D eigenvalue weighted by atomic mass is 16.4. The van der Waals surface area contributed by atoms with Crippen molar-refractivity contribution in [2.24, 2.45) is 0 Å². The van der Waals surface area contributed by atoms with Gasteiger partial charge in [-0.1, -0.05) is 26.0 Å². The highest BCUT2D eigenvalue weighted by Gasteiger charge is 2.02. The minimum Gasteiger partial charge on any atom is -0.478 e. The van der Waals surface area contributed by atoms with E-state index >= 15 is 0 Å². The monoisotopic (exact) mass is 165 g/mol. The molecule has 0 bridgehead atoms. The Morgan fingerprint density at radius 2 is 2.00 bits per heavy atom. The molecule has 0 saturated carbocycles. The molecule has 1 rings (SSSR count). The fourth-order valence-electron chi connectivity index (χ4n) is 1.00. The van der Waals surface area contributed by atoms with Gasteiger partial charge in [-0.2, -0.15) is 0 Å². The maximum absolute atomic E-state index is 10.9. The van der Waals surface area contributed by atoms with Crippen molar-refractivity contribution in [3.05, 3.63) is 35.4 Å². The molecule has 1 aromatic carbocycles. The zero-order chi connectivity index (χ0) is 9.84. The average molecular weight is 165 g/mol. The maximum Gasteiger partial charge on any atom is 0.335 e. The van der Waals surface area contributed by atoms with E-state index in [0.717, 1.165) is 0 Å². The van der Waals surface area contributed by atoms with E-state index in [1.807, 2.05) is 12.1 Å². The van der Waals surface area contributed by atoms with Crippen molar-refractivity contribution < 1.29 is 9.90 Å². The summed E-state index contributed by atoms with van der Waals surface area (Å²) >= 11 is 0. The first-order valence-corrected chi connectivity index (χ1v) is 3.92. The molecule has 0 aliphatic rings. The van der Waals surface area contributed by atoms with Crippen LogP contribution >= 0.6 is 0 Å². The summed E-state index contributed by atoms with van der Waals surface area (Å²) in [7, 11) is 0. The summed E-state index contributed by atoms with van der Waals surface area (Å²) in [6.45, 7) is 4.16. The Morgan fingerprint density at radius 3 is 2.42 bits per heavy atom. The van der Waals surface area contributed by atoms with Crippen LogP contribution in [0.5, 0.6) is 0 Å². The van der Waals surface area contributed by atoms with Crippen molar-refractivity contribution in [1.82, 2.24) is 0 Å². The zero-order valence-electron chi connectivity index (χ0n) is 8.20. The van der Waals surface area contributed by atoms with Crippen LogP contribution in [0.25, 0.3) is 1.43 Å². The standard InChI is InChI=1S/C10H12O2/c1-7(2)8-3-5-9(6-4-8)10(11)12/h3-7H,1-2H3,(H,11,12)/i/hD. The summed E-state index contributed by atoms with van der Waals surface area (Å²) in [6.07, 6.45) is 0. The Bertz CT molecular complexity index is 290. The second kappa shape index (κ2) is 3.39. The molecule has 1 N–H and O–H groups in total. The minimum atomic E-state index is -0.615. The molecule has 0 amide bonds. The lowest BCUT2D eigenvalue weighted by Gasteiger charge is -2.04. The molecule has 0 heterocycles. The predicted molar refractivity (Wildman–Crippen MR) is 47.5 cm³/mol. The van der Waals surface area contributed by atoms with Gasteiger partial charge in [0.25, 0.3) is 1.43 Å². The Morgan fingerprint density at radius 1 is 1.42 bits per heavy atom. The number of carboxylic acid groups (broad SMARTS) is 1. The number of carbonyl (C=O) groups is 1. The van der Waals surface area contributed by atoms with Crippen LogP contribution in [0, 0.1) is 0 Å². The summed E-state index contributed by atoms with van der Waals surface area (Å²) in [4.78, 5) is 10.9. The molecule has 0 unspecified atom stereocenters. The molecule has 0 radical (unpaired) electrons. The fourth-order valence-corrected chi connectivity index (χ4v) is 1.00. The SMILES string of the molecule is [2H]OC(=O)c1ccc(C(C)C)cc1. The molecule has 0 atom stereocenters. The number of carboxylic acids is 1. The third kappa shape index (κ3) is 1.84. The zero-order valence-corrected chi connectivity index (χ0v) is 7.20. The molecule has 12 heavy (non-hydrogen) atoms. The Balaban J connectivity index is 2.87. The number of rotatable bonds is 2. The first kappa shape index (κ1) is 7.35. The van der Waals surface area contributed by atoms with E-state index in [1.165, 1.54) is 5.56 Å². The van der Waals surface area contributed by atoms with E-state index in [9.17, 15) is 4.79 Å². The minimum absolute atomic E-state index is 0.416. The normalized spacial score (nSPS) is 11.1. The number of hydrogen-bond donors (Lipinski definition) is 1. The van der Waals surface area contributed by atoms with Gasteiger partial charge in [0.1, 0.15) is 0 Å². The third-order valence-electron chi connectivity index (χ3n) is 1.81. The van der Waals surface area contributed by atoms with Crippen molar-refractivity contribution in [2.45, 2.75) is 19.8 Å². The predicted octanol–water partition coefficient (Wildman–Crippen LogP) is 2.51. The second-order valence-electron chi connectivity index (χ2n) is 3.06. The van der Waals surface area contributed by atoms with Gasteiger partial charge in [0.15, 0.2) is 0 Å². The quantitative estimate of drug-likeness (QED) is 0.731. The number of benzene rings is 1. The smallest absolute Gasteiger partial charge is 0.335 e. The summed E-state index contributed by atoms with van der Waals surface area (Å²) in [6, 6.07) is 7.09. The van der Waals surface area contributed by atoms with E-state index in [4.69, 9.17) is 1.43 Å². The summed E-state index contributed by atoms with van der Waals surface area (Å²) in [5.41, 5.74) is 1.58. The van der Waals surface area contributed by atoms with Crippen LogP contribution in [-0.2, 0) is 0 Å². The Hall–Kier alpha value is -1.31. The lowest BCUT2D eigenvalue weighted by molar-refractivity contribution is 0.0697. The number of aromatic carboxylic acids is 1. The van der Waals surface area contributed by atoms with Crippen LogP contribution in [0.15, 0.2) is 24.3 Å². The van der Waals surface area contributed by atoms with Crippen LogP contribution in [0.2, 0.25) is 0 Å². The summed E-state index contributed by atoms with van der Waals surface area (Å²) in [5.74, 6) is -0.170. The molecule has 0 aromatic heterocycles. The van der Waals surface area contributed by atoms with Crippen LogP contribution in [0.1, 0.15) is 35.7 Å². The van der Waals surface area contributed by atoms with Crippen molar-refractivity contribution in [3.63, 3.8) is 0 Å². The lowest BCUT2D eigenvalue weighted by atomic mass is 10.0. The van der Waals surface area contributed by atoms with E-state index in [1.54, 1.807) is 12.1 Å². The highest BCUT2D eigenvalue weighted by molar-refractivity contribution is 5.87. The average Bonchev–Trinajstić information content (AvgIpc) is 2.17. The van der Waals surface area contributed by atoms with Gasteiger partial charge < -0.3 is 5.11 Å². The van der Waals surface area contributed by atoms with Crippen LogP contribution in [0.4, 0.5) is 0 Å². The van der Waals surface area contributed by atoms with Crippen molar-refractivity contribution in [2.75, 3.05) is 0 Å². The van der Waals surface area contributed by atoms with Gasteiger partial charge in [0.2, 0.25) is 0 Å². The van der Waals surface area contributed by atoms with E-state index in [-0.39, 0.29) is 0 Å². The molecule has 2 nitrogen and oxygen atoms in total. The Labute approximate surface area is 73.3 Å². The molecule has 64 valence electrons. The molecule has 2 heteroatoms. The van der Waals surface area contributed by atoms with E-state index in [0.29, 0.717) is 11.5 Å². The Kier molecular flexibility index (Phi) is 2.08. The topological polar surface area (TPSA) is 37.3 Å². The van der Waals surface area contributed by atoms with Crippen molar-refractivity contribution in [3.8, 4) is 0 Å².